The van der Waals surface area contributed by atoms with E-state index in [9.17, 15) is 4.39 Å². The van der Waals surface area contributed by atoms with Crippen LogP contribution in [0.2, 0.25) is 5.02 Å². The van der Waals surface area contributed by atoms with E-state index in [1.54, 1.807) is 30.3 Å². The molecule has 0 bridgehead atoms. The van der Waals surface area contributed by atoms with Crippen LogP contribution in [0.5, 0.6) is 0 Å². The Morgan fingerprint density at radius 1 is 1.22 bits per heavy atom. The van der Waals surface area contributed by atoms with Crippen LogP contribution < -0.4 is 5.32 Å². The summed E-state index contributed by atoms with van der Waals surface area (Å²) in [5.41, 5.74) is 1.73. The molecular formula is C14H10ClFN2. The topological polar surface area (TPSA) is 35.8 Å². The highest BCUT2D eigenvalue weighted by molar-refractivity contribution is 6.31. The zero-order chi connectivity index (χ0) is 13.0. The molecule has 0 saturated heterocycles. The van der Waals surface area contributed by atoms with Gasteiger partial charge in [0.15, 0.2) is 0 Å². The third-order valence-electron chi connectivity index (χ3n) is 2.52. The fourth-order valence-electron chi connectivity index (χ4n) is 1.59. The smallest absolute Gasteiger partial charge is 0.129 e. The lowest BCUT2D eigenvalue weighted by Gasteiger charge is -2.09. The number of hydrogen-bond donors (Lipinski definition) is 1. The molecule has 2 aromatic carbocycles. The number of nitrogens with zero attached hydrogens (tertiary/aromatic N) is 1. The molecule has 0 aliphatic carbocycles. The van der Waals surface area contributed by atoms with Crippen LogP contribution in [0.15, 0.2) is 42.5 Å². The molecule has 1 N–H and O–H groups in total. The summed E-state index contributed by atoms with van der Waals surface area (Å²) in [5.74, 6) is -0.341. The molecule has 0 fully saturated rings. The maximum Gasteiger partial charge on any atom is 0.129 e. The molecule has 0 radical (unpaired) electrons. The summed E-state index contributed by atoms with van der Waals surface area (Å²) in [7, 11) is 0. The fraction of sp³-hybridized carbons (Fsp3) is 0.0714. The number of hydrogen-bond acceptors (Lipinski definition) is 2. The van der Waals surface area contributed by atoms with E-state index >= 15 is 0 Å². The van der Waals surface area contributed by atoms with Crippen LogP contribution in [0.3, 0.4) is 0 Å². The summed E-state index contributed by atoms with van der Waals surface area (Å²) in [6, 6.07) is 13.6. The van der Waals surface area contributed by atoms with Crippen molar-refractivity contribution in [1.82, 2.24) is 0 Å². The van der Waals surface area contributed by atoms with E-state index in [-0.39, 0.29) is 12.4 Å². The van der Waals surface area contributed by atoms with Gasteiger partial charge in [0.05, 0.1) is 11.6 Å². The second-order valence-electron chi connectivity index (χ2n) is 3.75. The molecule has 0 spiro atoms. The predicted molar refractivity (Wildman–Crippen MR) is 69.9 cm³/mol. The van der Waals surface area contributed by atoms with Crippen molar-refractivity contribution in [2.24, 2.45) is 0 Å². The molecule has 0 aliphatic heterocycles. The van der Waals surface area contributed by atoms with Crippen molar-refractivity contribution in [3.8, 4) is 6.07 Å². The van der Waals surface area contributed by atoms with Crippen LogP contribution in [0.1, 0.15) is 11.1 Å². The average Bonchev–Trinajstić information content (AvgIpc) is 2.38. The molecule has 0 aliphatic rings. The first-order valence-electron chi connectivity index (χ1n) is 5.37. The Balaban J connectivity index is 2.14. The number of benzene rings is 2. The van der Waals surface area contributed by atoms with Crippen molar-refractivity contribution in [3.63, 3.8) is 0 Å². The van der Waals surface area contributed by atoms with E-state index in [0.29, 0.717) is 16.1 Å². The number of anilines is 1. The highest BCUT2D eigenvalue weighted by atomic mass is 35.5. The van der Waals surface area contributed by atoms with Crippen molar-refractivity contribution in [2.45, 2.75) is 6.54 Å². The number of nitriles is 1. The SMILES string of the molecule is N#Cc1cccc(NCc2c(F)cccc2Cl)c1. The Morgan fingerprint density at radius 2 is 2.00 bits per heavy atom. The molecule has 18 heavy (non-hydrogen) atoms. The first-order valence-corrected chi connectivity index (χ1v) is 5.75. The molecule has 0 saturated carbocycles. The van der Waals surface area contributed by atoms with Crippen LogP contribution in [-0.4, -0.2) is 0 Å². The summed E-state index contributed by atoms with van der Waals surface area (Å²) in [6.45, 7) is 0.278. The Kier molecular flexibility index (Phi) is 3.81. The van der Waals surface area contributed by atoms with Gasteiger partial charge in [-0.05, 0) is 30.3 Å². The highest BCUT2D eigenvalue weighted by Gasteiger charge is 2.06. The van der Waals surface area contributed by atoms with Crippen LogP contribution in [0, 0.1) is 17.1 Å². The van der Waals surface area contributed by atoms with Gasteiger partial charge in [-0.2, -0.15) is 5.26 Å². The minimum Gasteiger partial charge on any atom is -0.381 e. The fourth-order valence-corrected chi connectivity index (χ4v) is 1.82. The van der Waals surface area contributed by atoms with Crippen molar-refractivity contribution in [2.75, 3.05) is 5.32 Å². The van der Waals surface area contributed by atoms with E-state index in [1.165, 1.54) is 6.07 Å². The van der Waals surface area contributed by atoms with Gasteiger partial charge in [-0.1, -0.05) is 23.7 Å². The standard InChI is InChI=1S/C14H10ClFN2/c15-13-5-2-6-14(16)12(13)9-18-11-4-1-3-10(7-11)8-17/h1-7,18H,9H2. The van der Waals surface area contributed by atoms with Crippen molar-refractivity contribution in [3.05, 3.63) is 64.4 Å². The molecule has 90 valence electrons. The highest BCUT2D eigenvalue weighted by Crippen LogP contribution is 2.20. The maximum absolute atomic E-state index is 13.5. The molecule has 0 aromatic heterocycles. The molecule has 0 amide bonds. The lowest BCUT2D eigenvalue weighted by atomic mass is 10.2. The summed E-state index contributed by atoms with van der Waals surface area (Å²) in [4.78, 5) is 0. The van der Waals surface area contributed by atoms with Gasteiger partial charge in [0.25, 0.3) is 0 Å². The van der Waals surface area contributed by atoms with Gasteiger partial charge in [-0.3, -0.25) is 0 Å². The lowest BCUT2D eigenvalue weighted by molar-refractivity contribution is 0.613. The Hall–Kier alpha value is -2.05. The third kappa shape index (κ3) is 2.79. The first kappa shape index (κ1) is 12.4. The largest absolute Gasteiger partial charge is 0.381 e. The van der Waals surface area contributed by atoms with Gasteiger partial charge in [-0.15, -0.1) is 0 Å². The molecular weight excluding hydrogens is 251 g/mol. The van der Waals surface area contributed by atoms with E-state index in [0.717, 1.165) is 5.69 Å². The maximum atomic E-state index is 13.5. The van der Waals surface area contributed by atoms with Crippen molar-refractivity contribution < 1.29 is 4.39 Å². The second-order valence-corrected chi connectivity index (χ2v) is 4.15. The van der Waals surface area contributed by atoms with E-state index in [2.05, 4.69) is 5.32 Å². The Bertz CT molecular complexity index is 585. The van der Waals surface area contributed by atoms with Gasteiger partial charge >= 0.3 is 0 Å². The molecule has 0 unspecified atom stereocenters. The molecule has 2 nitrogen and oxygen atoms in total. The summed E-state index contributed by atoms with van der Waals surface area (Å²) < 4.78 is 13.5. The molecule has 4 heteroatoms. The van der Waals surface area contributed by atoms with Crippen LogP contribution in [0.25, 0.3) is 0 Å². The van der Waals surface area contributed by atoms with Gasteiger partial charge in [0, 0.05) is 22.8 Å². The summed E-state index contributed by atoms with van der Waals surface area (Å²) >= 11 is 5.92. The zero-order valence-electron chi connectivity index (χ0n) is 9.45. The first-order chi connectivity index (χ1) is 8.70. The summed E-state index contributed by atoms with van der Waals surface area (Å²) in [5, 5.41) is 12.2. The van der Waals surface area contributed by atoms with Crippen LogP contribution in [0.4, 0.5) is 10.1 Å². The van der Waals surface area contributed by atoms with Crippen molar-refractivity contribution in [1.29, 1.82) is 5.26 Å². The number of halogens is 2. The number of rotatable bonds is 3. The predicted octanol–water partition coefficient (Wildman–Crippen LogP) is 3.96. The Labute approximate surface area is 110 Å². The average molecular weight is 261 g/mol. The normalized spacial score (nSPS) is 9.83. The van der Waals surface area contributed by atoms with E-state index in [1.807, 2.05) is 12.1 Å². The number of nitrogens with one attached hydrogen (secondary N) is 1. The quantitative estimate of drug-likeness (QED) is 0.907. The van der Waals surface area contributed by atoms with Gasteiger partial charge in [0.2, 0.25) is 0 Å². The summed E-state index contributed by atoms with van der Waals surface area (Å²) in [6.07, 6.45) is 0. The van der Waals surface area contributed by atoms with Gasteiger partial charge in [0.1, 0.15) is 5.82 Å². The second kappa shape index (κ2) is 5.52. The van der Waals surface area contributed by atoms with Crippen LogP contribution in [-0.2, 0) is 6.54 Å². The zero-order valence-corrected chi connectivity index (χ0v) is 10.2. The van der Waals surface area contributed by atoms with Gasteiger partial charge < -0.3 is 5.32 Å². The minimum absolute atomic E-state index is 0.278. The molecule has 2 rings (SSSR count). The van der Waals surface area contributed by atoms with Gasteiger partial charge in [-0.25, -0.2) is 4.39 Å². The lowest BCUT2D eigenvalue weighted by Crippen LogP contribution is -2.02. The monoisotopic (exact) mass is 260 g/mol. The van der Waals surface area contributed by atoms with Crippen molar-refractivity contribution >= 4 is 17.3 Å². The Morgan fingerprint density at radius 3 is 2.72 bits per heavy atom. The van der Waals surface area contributed by atoms with Crippen LogP contribution >= 0.6 is 11.6 Å². The molecule has 0 atom stereocenters. The molecule has 2 aromatic rings. The minimum atomic E-state index is -0.341. The molecule has 0 heterocycles. The van der Waals surface area contributed by atoms with E-state index in [4.69, 9.17) is 16.9 Å². The van der Waals surface area contributed by atoms with E-state index < -0.39 is 0 Å². The third-order valence-corrected chi connectivity index (χ3v) is 2.88.